The number of nitrogens with zero attached hydrogens (tertiary/aromatic N) is 3. The molecule has 0 saturated carbocycles. The Morgan fingerprint density at radius 3 is 2.43 bits per heavy atom. The zero-order valence-corrected chi connectivity index (χ0v) is 13.5. The molecule has 1 amide bonds. The number of rotatable bonds is 3. The average Bonchev–Trinajstić information content (AvgIpc) is 2.45. The molecule has 5 heteroatoms. The fourth-order valence-electron chi connectivity index (χ4n) is 3.08. The Balaban J connectivity index is 1.85. The van der Waals surface area contributed by atoms with Crippen LogP contribution < -0.4 is 0 Å². The van der Waals surface area contributed by atoms with Gasteiger partial charge in [0, 0.05) is 45.3 Å². The summed E-state index contributed by atoms with van der Waals surface area (Å²) in [6, 6.07) is 0.205. The molecule has 2 atom stereocenters. The minimum atomic E-state index is -0.432. The highest BCUT2D eigenvalue weighted by Crippen LogP contribution is 2.19. The SMILES string of the molecule is CC(C)/C=C/C(=O)N1CC[C@@H](N2CCN(C)CC2)[C@H](O)C1. The van der Waals surface area contributed by atoms with Crippen molar-refractivity contribution in [2.45, 2.75) is 32.4 Å². The number of piperidine rings is 1. The average molecular weight is 295 g/mol. The van der Waals surface area contributed by atoms with Gasteiger partial charge in [0.05, 0.1) is 6.10 Å². The molecule has 2 saturated heterocycles. The van der Waals surface area contributed by atoms with Crippen molar-refractivity contribution < 1.29 is 9.90 Å². The van der Waals surface area contributed by atoms with Crippen LogP contribution in [-0.4, -0.2) is 84.2 Å². The van der Waals surface area contributed by atoms with E-state index in [1.165, 1.54) is 0 Å². The Kier molecular flexibility index (Phi) is 5.79. The van der Waals surface area contributed by atoms with E-state index in [4.69, 9.17) is 0 Å². The number of hydrogen-bond donors (Lipinski definition) is 1. The lowest BCUT2D eigenvalue weighted by Crippen LogP contribution is -2.58. The van der Waals surface area contributed by atoms with Crippen LogP contribution in [0.15, 0.2) is 12.2 Å². The van der Waals surface area contributed by atoms with Crippen LogP contribution in [0.1, 0.15) is 20.3 Å². The first-order chi connectivity index (χ1) is 9.97. The lowest BCUT2D eigenvalue weighted by molar-refractivity contribution is -0.131. The van der Waals surface area contributed by atoms with E-state index in [1.54, 1.807) is 11.0 Å². The maximum atomic E-state index is 12.1. The Morgan fingerprint density at radius 2 is 1.86 bits per heavy atom. The smallest absolute Gasteiger partial charge is 0.246 e. The molecular weight excluding hydrogens is 266 g/mol. The van der Waals surface area contributed by atoms with E-state index in [0.717, 1.165) is 39.1 Å². The third-order valence-electron chi connectivity index (χ3n) is 4.49. The summed E-state index contributed by atoms with van der Waals surface area (Å²) in [6.07, 6.45) is 4.00. The highest BCUT2D eigenvalue weighted by molar-refractivity contribution is 5.87. The maximum Gasteiger partial charge on any atom is 0.246 e. The number of likely N-dealkylation sites (tertiary alicyclic amines) is 1. The molecule has 0 aromatic carbocycles. The third-order valence-corrected chi connectivity index (χ3v) is 4.49. The normalized spacial score (nSPS) is 29.5. The van der Waals surface area contributed by atoms with Crippen LogP contribution in [0.5, 0.6) is 0 Å². The van der Waals surface area contributed by atoms with Crippen molar-refractivity contribution in [1.82, 2.24) is 14.7 Å². The third kappa shape index (κ3) is 4.53. The van der Waals surface area contributed by atoms with Gasteiger partial charge in [0.1, 0.15) is 0 Å². The van der Waals surface area contributed by atoms with E-state index < -0.39 is 6.10 Å². The first-order valence-corrected chi connectivity index (χ1v) is 8.05. The summed E-state index contributed by atoms with van der Waals surface area (Å²) in [5.74, 6) is 0.404. The summed E-state index contributed by atoms with van der Waals surface area (Å²) in [5.41, 5.74) is 0. The number of hydrogen-bond acceptors (Lipinski definition) is 4. The Bertz CT molecular complexity index is 376. The molecule has 0 aliphatic carbocycles. The summed E-state index contributed by atoms with van der Waals surface area (Å²) >= 11 is 0. The fraction of sp³-hybridized carbons (Fsp3) is 0.812. The van der Waals surface area contributed by atoms with Gasteiger partial charge in [-0.25, -0.2) is 0 Å². The van der Waals surface area contributed by atoms with Crippen LogP contribution in [-0.2, 0) is 4.79 Å². The van der Waals surface area contributed by atoms with Gasteiger partial charge in [-0.05, 0) is 25.5 Å². The van der Waals surface area contributed by atoms with Gasteiger partial charge in [-0.3, -0.25) is 9.69 Å². The number of aliphatic hydroxyl groups is 1. The molecule has 2 rings (SSSR count). The summed E-state index contributed by atoms with van der Waals surface area (Å²) < 4.78 is 0. The molecule has 2 aliphatic heterocycles. The number of carbonyl (C=O) groups excluding carboxylic acids is 1. The van der Waals surface area contributed by atoms with Gasteiger partial charge < -0.3 is 14.9 Å². The Hall–Kier alpha value is -0.910. The van der Waals surface area contributed by atoms with Crippen molar-refractivity contribution in [2.24, 2.45) is 5.92 Å². The fourth-order valence-corrected chi connectivity index (χ4v) is 3.08. The highest BCUT2D eigenvalue weighted by Gasteiger charge is 2.34. The number of allylic oxidation sites excluding steroid dienone is 1. The number of likely N-dealkylation sites (N-methyl/N-ethyl adjacent to an activating group) is 1. The quantitative estimate of drug-likeness (QED) is 0.766. The van der Waals surface area contributed by atoms with Crippen LogP contribution in [0.25, 0.3) is 0 Å². The Labute approximate surface area is 128 Å². The van der Waals surface area contributed by atoms with Crippen molar-refractivity contribution >= 4 is 5.91 Å². The monoisotopic (exact) mass is 295 g/mol. The van der Waals surface area contributed by atoms with Crippen molar-refractivity contribution in [3.63, 3.8) is 0 Å². The van der Waals surface area contributed by atoms with Crippen LogP contribution in [0.2, 0.25) is 0 Å². The van der Waals surface area contributed by atoms with Crippen LogP contribution in [0, 0.1) is 5.92 Å². The number of β-amino-alcohol motifs (C(OH)–C–C–N with tert-alkyl or cyclic N) is 1. The van der Waals surface area contributed by atoms with Crippen molar-refractivity contribution in [3.05, 3.63) is 12.2 Å². The number of carbonyl (C=O) groups is 1. The van der Waals surface area contributed by atoms with Crippen LogP contribution in [0.3, 0.4) is 0 Å². The van der Waals surface area contributed by atoms with Crippen LogP contribution in [0.4, 0.5) is 0 Å². The van der Waals surface area contributed by atoms with Gasteiger partial charge in [-0.15, -0.1) is 0 Å². The summed E-state index contributed by atoms with van der Waals surface area (Å²) in [4.78, 5) is 18.6. The summed E-state index contributed by atoms with van der Waals surface area (Å²) in [6.45, 7) is 9.45. The van der Waals surface area contributed by atoms with E-state index in [0.29, 0.717) is 12.5 Å². The van der Waals surface area contributed by atoms with Gasteiger partial charge in [-0.2, -0.15) is 0 Å². The second-order valence-corrected chi connectivity index (χ2v) is 6.65. The zero-order valence-electron chi connectivity index (χ0n) is 13.5. The van der Waals surface area contributed by atoms with E-state index in [2.05, 4.69) is 30.7 Å². The molecule has 0 spiro atoms. The molecular formula is C16H29N3O2. The second-order valence-electron chi connectivity index (χ2n) is 6.65. The molecule has 2 fully saturated rings. The summed E-state index contributed by atoms with van der Waals surface area (Å²) in [7, 11) is 2.14. The second kappa shape index (κ2) is 7.38. The molecule has 0 aromatic heterocycles. The minimum absolute atomic E-state index is 0.0274. The zero-order chi connectivity index (χ0) is 15.4. The molecule has 120 valence electrons. The molecule has 1 N–H and O–H groups in total. The number of aliphatic hydroxyl groups excluding tert-OH is 1. The topological polar surface area (TPSA) is 47.0 Å². The first-order valence-electron chi connectivity index (χ1n) is 8.05. The minimum Gasteiger partial charge on any atom is -0.390 e. The highest BCUT2D eigenvalue weighted by atomic mass is 16.3. The van der Waals surface area contributed by atoms with Crippen molar-refractivity contribution in [3.8, 4) is 0 Å². The molecule has 21 heavy (non-hydrogen) atoms. The molecule has 0 aromatic rings. The van der Waals surface area contributed by atoms with E-state index in [1.807, 2.05) is 6.08 Å². The van der Waals surface area contributed by atoms with Gasteiger partial charge in [0.15, 0.2) is 0 Å². The molecule has 2 heterocycles. The lowest BCUT2D eigenvalue weighted by atomic mass is 9.99. The maximum absolute atomic E-state index is 12.1. The standard InChI is InChI=1S/C16H29N3O2/c1-13(2)4-5-16(21)19-7-6-14(15(20)12-19)18-10-8-17(3)9-11-18/h4-5,13-15,20H,6-12H2,1-3H3/b5-4+/t14-,15-/m1/s1. The number of piperazine rings is 1. The predicted molar refractivity (Wildman–Crippen MR) is 84.0 cm³/mol. The molecule has 5 nitrogen and oxygen atoms in total. The van der Waals surface area contributed by atoms with Crippen LogP contribution >= 0.6 is 0 Å². The molecule has 0 unspecified atom stereocenters. The van der Waals surface area contributed by atoms with Gasteiger partial charge in [0.25, 0.3) is 0 Å². The molecule has 0 bridgehead atoms. The van der Waals surface area contributed by atoms with Gasteiger partial charge in [0.2, 0.25) is 5.91 Å². The lowest BCUT2D eigenvalue weighted by Gasteiger charge is -2.44. The predicted octanol–water partition coefficient (Wildman–Crippen LogP) is 0.408. The largest absolute Gasteiger partial charge is 0.390 e. The van der Waals surface area contributed by atoms with Gasteiger partial charge >= 0.3 is 0 Å². The first kappa shape index (κ1) is 16.5. The summed E-state index contributed by atoms with van der Waals surface area (Å²) in [5, 5.41) is 10.4. The van der Waals surface area contributed by atoms with E-state index >= 15 is 0 Å². The number of amides is 1. The van der Waals surface area contributed by atoms with E-state index in [9.17, 15) is 9.90 Å². The van der Waals surface area contributed by atoms with Crippen molar-refractivity contribution in [1.29, 1.82) is 0 Å². The Morgan fingerprint density at radius 1 is 1.19 bits per heavy atom. The van der Waals surface area contributed by atoms with E-state index in [-0.39, 0.29) is 11.9 Å². The van der Waals surface area contributed by atoms with Crippen molar-refractivity contribution in [2.75, 3.05) is 46.3 Å². The molecule has 2 aliphatic rings. The molecule has 0 radical (unpaired) electrons. The van der Waals surface area contributed by atoms with Gasteiger partial charge in [-0.1, -0.05) is 19.9 Å².